The van der Waals surface area contributed by atoms with Crippen LogP contribution in [0.15, 0.2) is 33.7 Å². The van der Waals surface area contributed by atoms with E-state index in [9.17, 15) is 18.0 Å². The van der Waals surface area contributed by atoms with Gasteiger partial charge in [0.15, 0.2) is 0 Å². The summed E-state index contributed by atoms with van der Waals surface area (Å²) in [5.41, 5.74) is 1.60. The molecule has 2 aromatic rings. The van der Waals surface area contributed by atoms with E-state index in [1.807, 2.05) is 0 Å². The van der Waals surface area contributed by atoms with Crippen molar-refractivity contribution in [2.24, 2.45) is 0 Å². The summed E-state index contributed by atoms with van der Waals surface area (Å²) < 4.78 is 32.0. The lowest BCUT2D eigenvalue weighted by atomic mass is 10.2. The van der Waals surface area contributed by atoms with Crippen molar-refractivity contribution in [3.8, 4) is 0 Å². The highest BCUT2D eigenvalue weighted by Crippen LogP contribution is 2.22. The van der Waals surface area contributed by atoms with Crippen molar-refractivity contribution < 1.29 is 27.6 Å². The quantitative estimate of drug-likeness (QED) is 0.637. The zero-order valence-electron chi connectivity index (χ0n) is 14.3. The summed E-state index contributed by atoms with van der Waals surface area (Å²) in [6, 6.07) is 5.58. The molecule has 0 unspecified atom stereocenters. The highest BCUT2D eigenvalue weighted by molar-refractivity contribution is 7.92. The molecule has 1 amide bonds. The molecule has 1 aromatic heterocycles. The summed E-state index contributed by atoms with van der Waals surface area (Å²) in [4.78, 5) is 22.1. The number of aryl methyl sites for hydroxylation is 1. The van der Waals surface area contributed by atoms with E-state index in [2.05, 4.69) is 15.2 Å². The molecule has 140 valence electrons. The second-order valence-electron chi connectivity index (χ2n) is 5.65. The fourth-order valence-corrected chi connectivity index (χ4v) is 3.08. The molecule has 0 spiro atoms. The van der Waals surface area contributed by atoms with Crippen LogP contribution in [0.4, 0.5) is 11.6 Å². The number of sulfonamides is 1. The molecule has 0 bridgehead atoms. The number of nitrogens with zero attached hydrogens (tertiary/aromatic N) is 1. The molecule has 0 radical (unpaired) electrons. The topological polar surface area (TPSA) is 139 Å². The van der Waals surface area contributed by atoms with Gasteiger partial charge in [0.05, 0.1) is 10.6 Å². The van der Waals surface area contributed by atoms with Crippen LogP contribution in [0.25, 0.3) is 0 Å². The SMILES string of the molecule is Cc1noc(NS(=O)(=O)c2ccc(NC(=O)CCCC(=O)O)cc2)c1C. The number of aromatic nitrogens is 1. The second-order valence-corrected chi connectivity index (χ2v) is 7.33. The van der Waals surface area contributed by atoms with Crippen molar-refractivity contribution in [1.29, 1.82) is 0 Å². The lowest BCUT2D eigenvalue weighted by Gasteiger charge is -2.08. The van der Waals surface area contributed by atoms with E-state index in [1.54, 1.807) is 13.8 Å². The minimum Gasteiger partial charge on any atom is -0.481 e. The Morgan fingerprint density at radius 3 is 2.35 bits per heavy atom. The third-order valence-electron chi connectivity index (χ3n) is 3.63. The molecule has 3 N–H and O–H groups in total. The Morgan fingerprint density at radius 1 is 1.15 bits per heavy atom. The minimum absolute atomic E-state index is 0.00479. The zero-order chi connectivity index (χ0) is 19.3. The highest BCUT2D eigenvalue weighted by atomic mass is 32.2. The van der Waals surface area contributed by atoms with Crippen molar-refractivity contribution in [2.75, 3.05) is 10.0 Å². The molecule has 0 saturated heterocycles. The largest absolute Gasteiger partial charge is 0.481 e. The number of hydrogen-bond donors (Lipinski definition) is 3. The van der Waals surface area contributed by atoms with Gasteiger partial charge in [-0.25, -0.2) is 13.1 Å². The first kappa shape index (κ1) is 19.4. The van der Waals surface area contributed by atoms with Gasteiger partial charge in [-0.2, -0.15) is 0 Å². The third-order valence-corrected chi connectivity index (χ3v) is 4.97. The first-order valence-electron chi connectivity index (χ1n) is 7.76. The summed E-state index contributed by atoms with van der Waals surface area (Å²) in [5.74, 6) is -1.25. The van der Waals surface area contributed by atoms with Crippen LogP contribution in [0.1, 0.15) is 30.5 Å². The zero-order valence-corrected chi connectivity index (χ0v) is 15.1. The number of carboxylic acid groups (broad SMARTS) is 1. The van der Waals surface area contributed by atoms with E-state index in [0.29, 0.717) is 16.9 Å². The lowest BCUT2D eigenvalue weighted by molar-refractivity contribution is -0.137. The van der Waals surface area contributed by atoms with Crippen LogP contribution in [0.2, 0.25) is 0 Å². The molecule has 0 fully saturated rings. The monoisotopic (exact) mass is 381 g/mol. The van der Waals surface area contributed by atoms with Gasteiger partial charge in [0, 0.05) is 24.1 Å². The highest BCUT2D eigenvalue weighted by Gasteiger charge is 2.19. The standard InChI is InChI=1S/C16H19N3O6S/c1-10-11(2)18-25-16(10)19-26(23,24)13-8-6-12(7-9-13)17-14(20)4-3-5-15(21)22/h6-9,19H,3-5H2,1-2H3,(H,17,20)(H,21,22). The molecule has 0 aliphatic rings. The molecule has 1 heterocycles. The number of rotatable bonds is 8. The van der Waals surface area contributed by atoms with Gasteiger partial charge in [-0.15, -0.1) is 0 Å². The lowest BCUT2D eigenvalue weighted by Crippen LogP contribution is -2.14. The summed E-state index contributed by atoms with van der Waals surface area (Å²) >= 11 is 0. The van der Waals surface area contributed by atoms with E-state index in [0.717, 1.165) is 0 Å². The van der Waals surface area contributed by atoms with E-state index < -0.39 is 16.0 Å². The summed E-state index contributed by atoms with van der Waals surface area (Å²) in [6.07, 6.45) is 0.211. The number of benzene rings is 1. The molecule has 9 nitrogen and oxygen atoms in total. The van der Waals surface area contributed by atoms with E-state index in [1.165, 1.54) is 24.3 Å². The summed E-state index contributed by atoms with van der Waals surface area (Å²) in [6.45, 7) is 3.39. The molecular weight excluding hydrogens is 362 g/mol. The predicted molar refractivity (Wildman–Crippen MR) is 93.3 cm³/mol. The minimum atomic E-state index is -3.85. The predicted octanol–water partition coefficient (Wildman–Crippen LogP) is 2.29. The van der Waals surface area contributed by atoms with Gasteiger partial charge in [0.1, 0.15) is 0 Å². The maximum Gasteiger partial charge on any atom is 0.303 e. The number of anilines is 2. The molecular formula is C16H19N3O6S. The van der Waals surface area contributed by atoms with Gasteiger partial charge in [-0.1, -0.05) is 5.16 Å². The van der Waals surface area contributed by atoms with Crippen LogP contribution >= 0.6 is 0 Å². The molecule has 2 rings (SSSR count). The van der Waals surface area contributed by atoms with Crippen LogP contribution in [0, 0.1) is 13.8 Å². The summed E-state index contributed by atoms with van der Waals surface area (Å²) in [5, 5.41) is 14.8. The van der Waals surface area contributed by atoms with E-state index in [4.69, 9.17) is 9.63 Å². The van der Waals surface area contributed by atoms with Crippen LogP contribution in [0.3, 0.4) is 0 Å². The maximum absolute atomic E-state index is 12.4. The van der Waals surface area contributed by atoms with E-state index >= 15 is 0 Å². The van der Waals surface area contributed by atoms with Gasteiger partial charge in [0.25, 0.3) is 10.0 Å². The number of carbonyl (C=O) groups is 2. The van der Waals surface area contributed by atoms with Crippen LogP contribution in [-0.4, -0.2) is 30.6 Å². The number of carbonyl (C=O) groups excluding carboxylic acids is 1. The fraction of sp³-hybridized carbons (Fsp3) is 0.312. The number of carboxylic acids is 1. The second kappa shape index (κ2) is 8.00. The Bertz CT molecular complexity index is 903. The van der Waals surface area contributed by atoms with Crippen LogP contribution in [0.5, 0.6) is 0 Å². The Morgan fingerprint density at radius 2 is 1.81 bits per heavy atom. The average Bonchev–Trinajstić information content (AvgIpc) is 2.86. The Kier molecular flexibility index (Phi) is 5.98. The molecule has 10 heteroatoms. The maximum atomic E-state index is 12.4. The van der Waals surface area contributed by atoms with Crippen molar-refractivity contribution in [1.82, 2.24) is 5.16 Å². The van der Waals surface area contributed by atoms with Gasteiger partial charge >= 0.3 is 5.97 Å². The Hall–Kier alpha value is -2.88. The number of hydrogen-bond acceptors (Lipinski definition) is 6. The van der Waals surface area contributed by atoms with Crippen LogP contribution in [-0.2, 0) is 19.6 Å². The molecule has 1 aromatic carbocycles. The molecule has 0 aliphatic carbocycles. The summed E-state index contributed by atoms with van der Waals surface area (Å²) in [7, 11) is -3.85. The molecule has 26 heavy (non-hydrogen) atoms. The first-order valence-corrected chi connectivity index (χ1v) is 9.25. The first-order chi connectivity index (χ1) is 12.2. The Labute approximate surface area is 150 Å². The van der Waals surface area contributed by atoms with E-state index in [-0.39, 0.29) is 35.9 Å². The number of aliphatic carboxylic acids is 1. The van der Waals surface area contributed by atoms with Crippen molar-refractivity contribution in [3.05, 3.63) is 35.5 Å². The molecule has 0 aliphatic heterocycles. The van der Waals surface area contributed by atoms with Gasteiger partial charge < -0.3 is 14.9 Å². The third kappa shape index (κ3) is 5.06. The van der Waals surface area contributed by atoms with Gasteiger partial charge in [0.2, 0.25) is 11.8 Å². The van der Waals surface area contributed by atoms with Gasteiger partial charge in [-0.05, 0) is 44.5 Å². The van der Waals surface area contributed by atoms with Gasteiger partial charge in [-0.3, -0.25) is 9.59 Å². The van der Waals surface area contributed by atoms with Crippen molar-refractivity contribution >= 4 is 33.5 Å². The normalized spacial score (nSPS) is 11.2. The molecule has 0 saturated carbocycles. The fourth-order valence-electron chi connectivity index (χ4n) is 2.03. The Balaban J connectivity index is 2.00. The van der Waals surface area contributed by atoms with Crippen molar-refractivity contribution in [2.45, 2.75) is 38.0 Å². The number of amides is 1. The smallest absolute Gasteiger partial charge is 0.303 e. The van der Waals surface area contributed by atoms with Crippen LogP contribution < -0.4 is 10.0 Å². The average molecular weight is 381 g/mol. The number of nitrogens with one attached hydrogen (secondary N) is 2. The molecule has 0 atom stereocenters. The van der Waals surface area contributed by atoms with Crippen molar-refractivity contribution in [3.63, 3.8) is 0 Å².